The molecule has 1 aromatic carbocycles. The average Bonchev–Trinajstić information content (AvgIpc) is 2.99. The zero-order chi connectivity index (χ0) is 15.2. The lowest BCUT2D eigenvalue weighted by molar-refractivity contribution is 0.626. The van der Waals surface area contributed by atoms with Gasteiger partial charge in [-0.2, -0.15) is 0 Å². The third kappa shape index (κ3) is 3.95. The standard InChI is InChI=1S/C17H18N4S/c1-14-5-4-6-15(11-14)12-22-17-20-19-13-21(17)10-8-16-7-2-3-9-18-16/h2-7,9,11,13H,8,10,12H2,1H3. The molecule has 0 saturated carbocycles. The van der Waals surface area contributed by atoms with E-state index in [-0.39, 0.29) is 0 Å². The third-order valence-electron chi connectivity index (χ3n) is 3.37. The Morgan fingerprint density at radius 1 is 1.14 bits per heavy atom. The van der Waals surface area contributed by atoms with Crippen LogP contribution in [0.5, 0.6) is 0 Å². The first-order chi connectivity index (χ1) is 10.8. The molecule has 4 nitrogen and oxygen atoms in total. The van der Waals surface area contributed by atoms with E-state index in [1.165, 1.54) is 11.1 Å². The average molecular weight is 310 g/mol. The molecule has 0 aliphatic rings. The van der Waals surface area contributed by atoms with Gasteiger partial charge in [0.05, 0.1) is 0 Å². The molecule has 0 bridgehead atoms. The van der Waals surface area contributed by atoms with Crippen LogP contribution in [0, 0.1) is 6.92 Å². The molecule has 0 aliphatic carbocycles. The molecule has 0 spiro atoms. The number of aromatic nitrogens is 4. The van der Waals surface area contributed by atoms with Crippen molar-refractivity contribution >= 4 is 11.8 Å². The van der Waals surface area contributed by atoms with Crippen molar-refractivity contribution in [3.8, 4) is 0 Å². The maximum absolute atomic E-state index is 4.35. The second-order valence-electron chi connectivity index (χ2n) is 5.16. The van der Waals surface area contributed by atoms with E-state index in [9.17, 15) is 0 Å². The number of benzene rings is 1. The quantitative estimate of drug-likeness (QED) is 0.653. The van der Waals surface area contributed by atoms with Gasteiger partial charge in [-0.25, -0.2) is 0 Å². The van der Waals surface area contributed by atoms with Crippen molar-refractivity contribution in [2.45, 2.75) is 30.8 Å². The fourth-order valence-corrected chi connectivity index (χ4v) is 3.12. The molecule has 112 valence electrons. The topological polar surface area (TPSA) is 43.6 Å². The molecule has 0 saturated heterocycles. The molecular weight excluding hydrogens is 292 g/mol. The van der Waals surface area contributed by atoms with Crippen LogP contribution in [0.3, 0.4) is 0 Å². The SMILES string of the molecule is Cc1cccc(CSc2nncn2CCc2ccccn2)c1. The number of hydrogen-bond acceptors (Lipinski definition) is 4. The Labute approximate surface area is 134 Å². The molecule has 0 aliphatic heterocycles. The normalized spacial score (nSPS) is 10.8. The van der Waals surface area contributed by atoms with Crippen molar-refractivity contribution in [1.82, 2.24) is 19.7 Å². The Balaban J connectivity index is 1.60. The molecule has 5 heteroatoms. The van der Waals surface area contributed by atoms with Crippen molar-refractivity contribution in [3.63, 3.8) is 0 Å². The predicted octanol–water partition coefficient (Wildman–Crippen LogP) is 3.52. The van der Waals surface area contributed by atoms with Gasteiger partial charge in [0.25, 0.3) is 0 Å². The van der Waals surface area contributed by atoms with Crippen molar-refractivity contribution < 1.29 is 0 Å². The van der Waals surface area contributed by atoms with Crippen LogP contribution in [-0.2, 0) is 18.7 Å². The maximum atomic E-state index is 4.35. The zero-order valence-electron chi connectivity index (χ0n) is 12.5. The smallest absolute Gasteiger partial charge is 0.191 e. The second kappa shape index (κ2) is 7.22. The number of aryl methyl sites for hydroxylation is 3. The van der Waals surface area contributed by atoms with Gasteiger partial charge in [0.1, 0.15) is 6.33 Å². The summed E-state index contributed by atoms with van der Waals surface area (Å²) in [6.45, 7) is 2.96. The highest BCUT2D eigenvalue weighted by Crippen LogP contribution is 2.21. The summed E-state index contributed by atoms with van der Waals surface area (Å²) in [5, 5.41) is 9.21. The Morgan fingerprint density at radius 3 is 2.91 bits per heavy atom. The fraction of sp³-hybridized carbons (Fsp3) is 0.235. The summed E-state index contributed by atoms with van der Waals surface area (Å²) >= 11 is 1.72. The van der Waals surface area contributed by atoms with Crippen LogP contribution in [-0.4, -0.2) is 19.7 Å². The molecule has 2 aromatic heterocycles. The van der Waals surface area contributed by atoms with Gasteiger partial charge in [-0.1, -0.05) is 47.7 Å². The van der Waals surface area contributed by atoms with E-state index in [2.05, 4.69) is 50.9 Å². The highest BCUT2D eigenvalue weighted by molar-refractivity contribution is 7.98. The summed E-state index contributed by atoms with van der Waals surface area (Å²) < 4.78 is 2.09. The lowest BCUT2D eigenvalue weighted by atomic mass is 10.2. The zero-order valence-corrected chi connectivity index (χ0v) is 13.3. The lowest BCUT2D eigenvalue weighted by Gasteiger charge is -2.06. The number of rotatable bonds is 6. The van der Waals surface area contributed by atoms with Gasteiger partial charge in [-0.3, -0.25) is 4.98 Å². The summed E-state index contributed by atoms with van der Waals surface area (Å²) in [6.07, 6.45) is 4.51. The number of hydrogen-bond donors (Lipinski definition) is 0. The van der Waals surface area contributed by atoms with E-state index in [1.807, 2.05) is 24.4 Å². The van der Waals surface area contributed by atoms with E-state index in [0.717, 1.165) is 29.6 Å². The number of nitrogens with zero attached hydrogens (tertiary/aromatic N) is 4. The summed E-state index contributed by atoms with van der Waals surface area (Å²) in [4.78, 5) is 4.35. The van der Waals surface area contributed by atoms with Crippen LogP contribution in [0.2, 0.25) is 0 Å². The number of pyridine rings is 1. The van der Waals surface area contributed by atoms with Crippen molar-refractivity contribution in [2.24, 2.45) is 0 Å². The summed E-state index contributed by atoms with van der Waals surface area (Å²) in [6, 6.07) is 14.6. The van der Waals surface area contributed by atoms with E-state index in [0.29, 0.717) is 0 Å². The molecule has 0 N–H and O–H groups in total. The molecular formula is C17H18N4S. The molecule has 3 rings (SSSR count). The summed E-state index contributed by atoms with van der Waals surface area (Å²) in [5.74, 6) is 0.907. The largest absolute Gasteiger partial charge is 0.308 e. The predicted molar refractivity (Wildman–Crippen MR) is 88.7 cm³/mol. The molecule has 0 radical (unpaired) electrons. The van der Waals surface area contributed by atoms with Gasteiger partial charge in [0, 0.05) is 30.6 Å². The minimum atomic E-state index is 0.847. The maximum Gasteiger partial charge on any atom is 0.191 e. The van der Waals surface area contributed by atoms with E-state index in [4.69, 9.17) is 0 Å². The summed E-state index contributed by atoms with van der Waals surface area (Å²) in [7, 11) is 0. The number of thioether (sulfide) groups is 1. The van der Waals surface area contributed by atoms with Crippen LogP contribution in [0.25, 0.3) is 0 Å². The van der Waals surface area contributed by atoms with Gasteiger partial charge in [-0.15, -0.1) is 10.2 Å². The first-order valence-electron chi connectivity index (χ1n) is 7.27. The second-order valence-corrected chi connectivity index (χ2v) is 6.10. The van der Waals surface area contributed by atoms with Crippen LogP contribution >= 0.6 is 11.8 Å². The van der Waals surface area contributed by atoms with Crippen LogP contribution in [0.15, 0.2) is 60.1 Å². The van der Waals surface area contributed by atoms with E-state index in [1.54, 1.807) is 18.1 Å². The minimum Gasteiger partial charge on any atom is -0.308 e. The van der Waals surface area contributed by atoms with Gasteiger partial charge >= 0.3 is 0 Å². The summed E-state index contributed by atoms with van der Waals surface area (Å²) in [5.41, 5.74) is 3.69. The molecule has 0 unspecified atom stereocenters. The highest BCUT2D eigenvalue weighted by Gasteiger charge is 2.06. The van der Waals surface area contributed by atoms with Crippen LogP contribution in [0.4, 0.5) is 0 Å². The van der Waals surface area contributed by atoms with E-state index >= 15 is 0 Å². The minimum absolute atomic E-state index is 0.847. The molecule has 2 heterocycles. The van der Waals surface area contributed by atoms with Crippen LogP contribution in [0.1, 0.15) is 16.8 Å². The fourth-order valence-electron chi connectivity index (χ4n) is 2.24. The van der Waals surface area contributed by atoms with Gasteiger partial charge < -0.3 is 4.57 Å². The molecule has 3 aromatic rings. The first-order valence-corrected chi connectivity index (χ1v) is 8.26. The first kappa shape index (κ1) is 14.8. The molecule has 0 atom stereocenters. The Morgan fingerprint density at radius 2 is 2.09 bits per heavy atom. The van der Waals surface area contributed by atoms with Gasteiger partial charge in [0.2, 0.25) is 0 Å². The lowest BCUT2D eigenvalue weighted by Crippen LogP contribution is -2.03. The molecule has 0 fully saturated rings. The van der Waals surface area contributed by atoms with Gasteiger partial charge in [0.15, 0.2) is 5.16 Å². The van der Waals surface area contributed by atoms with E-state index < -0.39 is 0 Å². The Bertz CT molecular complexity index is 724. The highest BCUT2D eigenvalue weighted by atomic mass is 32.2. The van der Waals surface area contributed by atoms with Crippen molar-refractivity contribution in [1.29, 1.82) is 0 Å². The van der Waals surface area contributed by atoms with Crippen molar-refractivity contribution in [3.05, 3.63) is 71.8 Å². The molecule has 22 heavy (non-hydrogen) atoms. The monoisotopic (exact) mass is 310 g/mol. The Hall–Kier alpha value is -2.14. The molecule has 0 amide bonds. The third-order valence-corrected chi connectivity index (χ3v) is 4.42. The Kier molecular flexibility index (Phi) is 4.85. The van der Waals surface area contributed by atoms with Gasteiger partial charge in [-0.05, 0) is 24.6 Å². The van der Waals surface area contributed by atoms with Crippen molar-refractivity contribution in [2.75, 3.05) is 0 Å². The van der Waals surface area contributed by atoms with Crippen LogP contribution < -0.4 is 0 Å².